The van der Waals surface area contributed by atoms with Gasteiger partial charge in [-0.2, -0.15) is 0 Å². The van der Waals surface area contributed by atoms with Crippen molar-refractivity contribution >= 4 is 5.91 Å². The van der Waals surface area contributed by atoms with Gasteiger partial charge in [0, 0.05) is 13.1 Å². The van der Waals surface area contributed by atoms with E-state index in [0.717, 1.165) is 5.56 Å². The summed E-state index contributed by atoms with van der Waals surface area (Å²) in [7, 11) is 0. The van der Waals surface area contributed by atoms with Gasteiger partial charge in [-0.25, -0.2) is 0 Å². The molecular formula is C18H22N2O4. The number of carbonyl (C=O) groups is 1. The van der Waals surface area contributed by atoms with E-state index < -0.39 is 12.1 Å². The van der Waals surface area contributed by atoms with E-state index in [1.165, 1.54) is 5.56 Å². The number of β-amino-alcohol motifs (C(OH)–C–C–N with tert-alkyl or cyclic N) is 1. The fourth-order valence-electron chi connectivity index (χ4n) is 3.06. The molecule has 2 aromatic rings. The van der Waals surface area contributed by atoms with Gasteiger partial charge in [-0.15, -0.1) is 0 Å². The molecule has 1 aromatic heterocycles. The van der Waals surface area contributed by atoms with Crippen molar-refractivity contribution in [2.45, 2.75) is 31.7 Å². The zero-order valence-electron chi connectivity index (χ0n) is 13.4. The number of nitrogens with two attached hydrogens (primary N) is 1. The largest absolute Gasteiger partial charge is 0.467 e. The molecule has 3 rings (SSSR count). The van der Waals surface area contributed by atoms with E-state index in [1.807, 2.05) is 35.2 Å². The van der Waals surface area contributed by atoms with Crippen molar-refractivity contribution in [2.24, 2.45) is 5.73 Å². The molecule has 2 atom stereocenters. The van der Waals surface area contributed by atoms with Crippen LogP contribution in [0.1, 0.15) is 16.9 Å². The van der Waals surface area contributed by atoms with Gasteiger partial charge in [-0.05, 0) is 29.7 Å². The molecule has 1 unspecified atom stereocenters. The fraction of sp³-hybridized carbons (Fsp3) is 0.389. The van der Waals surface area contributed by atoms with Crippen LogP contribution in [-0.4, -0.2) is 41.2 Å². The first-order chi connectivity index (χ1) is 11.6. The van der Waals surface area contributed by atoms with Crippen LogP contribution in [0.5, 0.6) is 0 Å². The van der Waals surface area contributed by atoms with Crippen molar-refractivity contribution in [1.29, 1.82) is 0 Å². The van der Waals surface area contributed by atoms with Crippen LogP contribution in [0, 0.1) is 0 Å². The maximum absolute atomic E-state index is 11.8. The Morgan fingerprint density at radius 3 is 2.83 bits per heavy atom. The highest BCUT2D eigenvalue weighted by molar-refractivity contribution is 5.80. The Balaban J connectivity index is 1.56. The average Bonchev–Trinajstić information content (AvgIpc) is 3.07. The Morgan fingerprint density at radius 2 is 2.12 bits per heavy atom. The highest BCUT2D eigenvalue weighted by atomic mass is 16.5. The van der Waals surface area contributed by atoms with Crippen molar-refractivity contribution < 1.29 is 19.1 Å². The number of primary amides is 1. The van der Waals surface area contributed by atoms with Crippen LogP contribution >= 0.6 is 0 Å². The Hall–Kier alpha value is -2.15. The van der Waals surface area contributed by atoms with Gasteiger partial charge in [0.2, 0.25) is 5.91 Å². The van der Waals surface area contributed by atoms with Gasteiger partial charge in [0.25, 0.3) is 0 Å². The van der Waals surface area contributed by atoms with Gasteiger partial charge < -0.3 is 20.0 Å². The first kappa shape index (κ1) is 16.7. The molecule has 1 amide bonds. The van der Waals surface area contributed by atoms with E-state index in [0.29, 0.717) is 31.9 Å². The summed E-state index contributed by atoms with van der Waals surface area (Å²) in [6.07, 6.45) is 1.45. The third kappa shape index (κ3) is 4.03. The second-order valence-electron chi connectivity index (χ2n) is 6.07. The number of carbonyl (C=O) groups excluding carboxylic acids is 1. The van der Waals surface area contributed by atoms with Gasteiger partial charge in [0.05, 0.1) is 25.0 Å². The fourth-order valence-corrected chi connectivity index (χ4v) is 3.06. The maximum atomic E-state index is 11.8. The first-order valence-electron chi connectivity index (χ1n) is 8.02. The number of furan rings is 1. The SMILES string of the molecule is NC(=O)[C@@H]1Cc2ccccc2CN1CC(O)COCc1ccco1. The number of aliphatic hydroxyl groups is 1. The molecule has 0 saturated carbocycles. The number of ether oxygens (including phenoxy) is 1. The smallest absolute Gasteiger partial charge is 0.235 e. The number of fused-ring (bicyclic) bond motifs is 1. The quantitative estimate of drug-likeness (QED) is 0.793. The van der Waals surface area contributed by atoms with Gasteiger partial charge >= 0.3 is 0 Å². The summed E-state index contributed by atoms with van der Waals surface area (Å²) in [5, 5.41) is 10.2. The molecule has 24 heavy (non-hydrogen) atoms. The van der Waals surface area contributed by atoms with E-state index >= 15 is 0 Å². The standard InChI is InChI=1S/C18H22N2O4/c19-18(22)17-8-13-4-1-2-5-14(13)9-20(17)10-15(21)11-23-12-16-6-3-7-24-16/h1-7,15,17,21H,8-12H2,(H2,19,22)/t15?,17-/m0/s1. The average molecular weight is 330 g/mol. The van der Waals surface area contributed by atoms with E-state index in [-0.39, 0.29) is 12.5 Å². The molecule has 2 heterocycles. The van der Waals surface area contributed by atoms with Crippen LogP contribution in [0.2, 0.25) is 0 Å². The zero-order chi connectivity index (χ0) is 16.9. The molecule has 0 radical (unpaired) electrons. The number of benzene rings is 1. The number of aliphatic hydroxyl groups excluding tert-OH is 1. The van der Waals surface area contributed by atoms with E-state index in [9.17, 15) is 9.90 Å². The molecule has 1 aliphatic rings. The summed E-state index contributed by atoms with van der Waals surface area (Å²) in [4.78, 5) is 13.7. The lowest BCUT2D eigenvalue weighted by molar-refractivity contribution is -0.124. The second-order valence-corrected chi connectivity index (χ2v) is 6.07. The van der Waals surface area contributed by atoms with Gasteiger partial charge in [-0.1, -0.05) is 24.3 Å². The summed E-state index contributed by atoms with van der Waals surface area (Å²) in [6, 6.07) is 11.2. The maximum Gasteiger partial charge on any atom is 0.235 e. The lowest BCUT2D eigenvalue weighted by Gasteiger charge is -2.36. The molecule has 128 valence electrons. The van der Waals surface area contributed by atoms with Gasteiger partial charge in [0.15, 0.2) is 0 Å². The minimum atomic E-state index is -0.702. The van der Waals surface area contributed by atoms with E-state index in [1.54, 1.807) is 12.3 Å². The molecule has 1 aliphatic heterocycles. The van der Waals surface area contributed by atoms with Gasteiger partial charge in [-0.3, -0.25) is 9.69 Å². The third-order valence-electron chi connectivity index (χ3n) is 4.25. The summed E-state index contributed by atoms with van der Waals surface area (Å²) in [6.45, 7) is 1.41. The van der Waals surface area contributed by atoms with Crippen LogP contribution in [-0.2, 0) is 29.1 Å². The molecule has 6 nitrogen and oxygen atoms in total. The first-order valence-corrected chi connectivity index (χ1v) is 8.02. The van der Waals surface area contributed by atoms with Crippen LogP contribution in [0.4, 0.5) is 0 Å². The number of hydrogen-bond donors (Lipinski definition) is 2. The van der Waals surface area contributed by atoms with Crippen molar-refractivity contribution in [3.8, 4) is 0 Å². The van der Waals surface area contributed by atoms with Crippen LogP contribution < -0.4 is 5.73 Å². The molecule has 0 saturated heterocycles. The van der Waals surface area contributed by atoms with E-state index in [2.05, 4.69) is 0 Å². The summed E-state index contributed by atoms with van der Waals surface area (Å²) in [5.41, 5.74) is 7.85. The highest BCUT2D eigenvalue weighted by Crippen LogP contribution is 2.23. The van der Waals surface area contributed by atoms with Crippen LogP contribution in [0.25, 0.3) is 0 Å². The zero-order valence-corrected chi connectivity index (χ0v) is 13.4. The van der Waals surface area contributed by atoms with Crippen molar-refractivity contribution in [2.75, 3.05) is 13.2 Å². The number of hydrogen-bond acceptors (Lipinski definition) is 5. The van der Waals surface area contributed by atoms with Crippen LogP contribution in [0.15, 0.2) is 47.1 Å². The number of nitrogens with zero attached hydrogens (tertiary/aromatic N) is 1. The van der Waals surface area contributed by atoms with Crippen molar-refractivity contribution in [1.82, 2.24) is 4.90 Å². The lowest BCUT2D eigenvalue weighted by atomic mass is 9.93. The topological polar surface area (TPSA) is 88.9 Å². The molecule has 3 N–H and O–H groups in total. The lowest BCUT2D eigenvalue weighted by Crippen LogP contribution is -2.51. The molecule has 0 spiro atoms. The minimum absolute atomic E-state index is 0.171. The highest BCUT2D eigenvalue weighted by Gasteiger charge is 2.31. The minimum Gasteiger partial charge on any atom is -0.467 e. The van der Waals surface area contributed by atoms with Gasteiger partial charge in [0.1, 0.15) is 12.4 Å². The Morgan fingerprint density at radius 1 is 1.33 bits per heavy atom. The summed E-state index contributed by atoms with van der Waals surface area (Å²) >= 11 is 0. The monoisotopic (exact) mass is 330 g/mol. The molecule has 1 aromatic carbocycles. The summed E-state index contributed by atoms with van der Waals surface area (Å²) in [5.74, 6) is 0.345. The van der Waals surface area contributed by atoms with Crippen LogP contribution in [0.3, 0.4) is 0 Å². The number of amides is 1. The Labute approximate surface area is 140 Å². The second kappa shape index (κ2) is 7.61. The predicted octanol–water partition coefficient (Wildman–Crippen LogP) is 1.07. The molecule has 0 aliphatic carbocycles. The number of rotatable bonds is 7. The predicted molar refractivity (Wildman–Crippen MR) is 87.9 cm³/mol. The Kier molecular flexibility index (Phi) is 5.30. The molecule has 6 heteroatoms. The van der Waals surface area contributed by atoms with Crippen molar-refractivity contribution in [3.05, 3.63) is 59.5 Å². The normalized spacial score (nSPS) is 19.0. The molecule has 0 bridgehead atoms. The molecular weight excluding hydrogens is 308 g/mol. The molecule has 0 fully saturated rings. The van der Waals surface area contributed by atoms with E-state index in [4.69, 9.17) is 14.9 Å². The third-order valence-corrected chi connectivity index (χ3v) is 4.25. The Bertz CT molecular complexity index is 671. The summed E-state index contributed by atoms with van der Waals surface area (Å²) < 4.78 is 10.6. The van der Waals surface area contributed by atoms with Crippen molar-refractivity contribution in [3.63, 3.8) is 0 Å².